The third-order valence-electron chi connectivity index (χ3n) is 11.7. The summed E-state index contributed by atoms with van der Waals surface area (Å²) in [5.41, 5.74) is 18.4. The number of hydrogen-bond donors (Lipinski definition) is 0. The predicted octanol–water partition coefficient (Wildman–Crippen LogP) is 14.0. The van der Waals surface area contributed by atoms with E-state index in [1.165, 1.54) is 83.2 Å². The molecular weight excluding hydrogens is 651 g/mol. The summed E-state index contributed by atoms with van der Waals surface area (Å²) in [5, 5.41) is 2.57. The molecule has 0 saturated carbocycles. The minimum atomic E-state index is -0.436. The normalized spacial score (nSPS) is 14.7. The highest BCUT2D eigenvalue weighted by Crippen LogP contribution is 2.64. The van der Waals surface area contributed by atoms with Crippen LogP contribution < -0.4 is 4.90 Å². The summed E-state index contributed by atoms with van der Waals surface area (Å²) in [5.74, 6) is 0. The molecule has 2 aliphatic carbocycles. The van der Waals surface area contributed by atoms with Gasteiger partial charge in [-0.25, -0.2) is 0 Å². The van der Waals surface area contributed by atoms with E-state index in [0.717, 1.165) is 11.4 Å². The standard InChI is InChI=1S/C53H35N/c1-4-15-36(16-5-1)38-27-31-41(32-28-38)54(42-33-29-39(30-34-42)37-17-6-2-7-18-37)50-35-47-44-22-11-13-26-49(44)53(40-19-8-3-9-20-40)48-25-12-10-21-43(48)45-23-14-24-46(50)51(45)52(47)53/h1-35H. The summed E-state index contributed by atoms with van der Waals surface area (Å²) in [4.78, 5) is 2.47. The fourth-order valence-electron chi connectivity index (χ4n) is 9.41. The van der Waals surface area contributed by atoms with E-state index in [-0.39, 0.29) is 0 Å². The molecule has 9 aromatic carbocycles. The van der Waals surface area contributed by atoms with Gasteiger partial charge in [-0.05, 0) is 102 Å². The third kappa shape index (κ3) is 4.39. The maximum absolute atomic E-state index is 2.48. The van der Waals surface area contributed by atoms with Crippen LogP contribution in [-0.4, -0.2) is 0 Å². The van der Waals surface area contributed by atoms with Crippen molar-refractivity contribution in [1.29, 1.82) is 0 Å². The fraction of sp³-hybridized carbons (Fsp3) is 0.0189. The van der Waals surface area contributed by atoms with Gasteiger partial charge in [0, 0.05) is 16.8 Å². The van der Waals surface area contributed by atoms with Crippen LogP contribution in [0.15, 0.2) is 212 Å². The molecule has 1 heteroatoms. The molecule has 1 unspecified atom stereocenters. The molecule has 1 nitrogen and oxygen atoms in total. The van der Waals surface area contributed by atoms with Crippen LogP contribution in [0.25, 0.3) is 55.3 Å². The van der Waals surface area contributed by atoms with Crippen molar-refractivity contribution >= 4 is 27.8 Å². The van der Waals surface area contributed by atoms with E-state index in [2.05, 4.69) is 217 Å². The summed E-state index contributed by atoms with van der Waals surface area (Å²) >= 11 is 0. The van der Waals surface area contributed by atoms with Gasteiger partial charge in [-0.1, -0.05) is 182 Å². The second-order valence-electron chi connectivity index (χ2n) is 14.4. The van der Waals surface area contributed by atoms with Crippen molar-refractivity contribution in [1.82, 2.24) is 0 Å². The number of fused-ring (bicyclic) bond motifs is 6. The number of benzene rings is 9. The first-order valence-electron chi connectivity index (χ1n) is 18.8. The van der Waals surface area contributed by atoms with Crippen LogP contribution in [0.3, 0.4) is 0 Å². The molecule has 0 aliphatic heterocycles. The van der Waals surface area contributed by atoms with Crippen molar-refractivity contribution in [3.63, 3.8) is 0 Å². The lowest BCUT2D eigenvalue weighted by molar-refractivity contribution is 0.773. The summed E-state index contributed by atoms with van der Waals surface area (Å²) in [7, 11) is 0. The van der Waals surface area contributed by atoms with Crippen LogP contribution >= 0.6 is 0 Å². The highest BCUT2D eigenvalue weighted by molar-refractivity contribution is 6.16. The Hall–Kier alpha value is -6.96. The highest BCUT2D eigenvalue weighted by atomic mass is 15.1. The minimum Gasteiger partial charge on any atom is -0.310 e. The Kier molecular flexibility index (Phi) is 6.84. The lowest BCUT2D eigenvalue weighted by Gasteiger charge is -2.40. The molecule has 2 aliphatic rings. The Bertz CT molecular complexity index is 2760. The van der Waals surface area contributed by atoms with Gasteiger partial charge in [0.1, 0.15) is 0 Å². The Morgan fingerprint density at radius 3 is 1.33 bits per heavy atom. The SMILES string of the molecule is c1ccc(-c2ccc(N(c3ccc(-c4ccccc4)cc3)c3cc4c5c6c(cccc36)-c3ccccc3C5(c3ccccc3)c3ccccc3-4)cc2)cc1. The molecular formula is C53H35N. The Labute approximate surface area is 316 Å². The summed E-state index contributed by atoms with van der Waals surface area (Å²) < 4.78 is 0. The molecule has 0 saturated heterocycles. The Balaban J connectivity index is 1.22. The zero-order valence-corrected chi connectivity index (χ0v) is 29.7. The molecule has 0 bridgehead atoms. The van der Waals surface area contributed by atoms with Gasteiger partial charge in [-0.2, -0.15) is 0 Å². The number of nitrogens with zero attached hydrogens (tertiary/aromatic N) is 1. The van der Waals surface area contributed by atoms with E-state index in [9.17, 15) is 0 Å². The minimum absolute atomic E-state index is 0.436. The topological polar surface area (TPSA) is 3.24 Å². The highest BCUT2D eigenvalue weighted by Gasteiger charge is 2.51. The van der Waals surface area contributed by atoms with Gasteiger partial charge in [0.15, 0.2) is 0 Å². The van der Waals surface area contributed by atoms with Crippen LogP contribution in [0.5, 0.6) is 0 Å². The smallest absolute Gasteiger partial charge is 0.0725 e. The van der Waals surface area contributed by atoms with Gasteiger partial charge in [-0.3, -0.25) is 0 Å². The largest absolute Gasteiger partial charge is 0.310 e. The number of anilines is 3. The van der Waals surface area contributed by atoms with Crippen molar-refractivity contribution in [2.45, 2.75) is 5.41 Å². The fourth-order valence-corrected chi connectivity index (χ4v) is 9.41. The molecule has 252 valence electrons. The van der Waals surface area contributed by atoms with Crippen LogP contribution in [-0.2, 0) is 5.41 Å². The molecule has 0 fully saturated rings. The maximum atomic E-state index is 2.48. The molecule has 0 N–H and O–H groups in total. The first-order valence-corrected chi connectivity index (χ1v) is 18.8. The lowest BCUT2D eigenvalue weighted by atomic mass is 9.62. The van der Waals surface area contributed by atoms with Gasteiger partial charge in [0.2, 0.25) is 0 Å². The van der Waals surface area contributed by atoms with Crippen molar-refractivity contribution < 1.29 is 0 Å². The van der Waals surface area contributed by atoms with Crippen LogP contribution in [0, 0.1) is 0 Å². The van der Waals surface area contributed by atoms with Crippen molar-refractivity contribution in [3.8, 4) is 44.5 Å². The average Bonchev–Trinajstić information content (AvgIpc) is 3.56. The quantitative estimate of drug-likeness (QED) is 0.168. The van der Waals surface area contributed by atoms with E-state index in [0.29, 0.717) is 0 Å². The second kappa shape index (κ2) is 12.0. The molecule has 0 spiro atoms. The van der Waals surface area contributed by atoms with E-state index in [4.69, 9.17) is 0 Å². The summed E-state index contributed by atoms with van der Waals surface area (Å²) in [6.07, 6.45) is 0. The molecule has 1 atom stereocenters. The van der Waals surface area contributed by atoms with E-state index < -0.39 is 5.41 Å². The van der Waals surface area contributed by atoms with Crippen LogP contribution in [0.1, 0.15) is 22.3 Å². The van der Waals surface area contributed by atoms with Crippen molar-refractivity contribution in [3.05, 3.63) is 235 Å². The average molecular weight is 686 g/mol. The predicted molar refractivity (Wildman–Crippen MR) is 226 cm³/mol. The van der Waals surface area contributed by atoms with Gasteiger partial charge in [0.05, 0.1) is 11.1 Å². The zero-order valence-electron chi connectivity index (χ0n) is 29.7. The van der Waals surface area contributed by atoms with E-state index in [1.807, 2.05) is 0 Å². The van der Waals surface area contributed by atoms with Crippen LogP contribution in [0.2, 0.25) is 0 Å². The second-order valence-corrected chi connectivity index (χ2v) is 14.4. The molecule has 0 aromatic heterocycles. The lowest BCUT2D eigenvalue weighted by Crippen LogP contribution is -2.31. The monoisotopic (exact) mass is 685 g/mol. The zero-order chi connectivity index (χ0) is 35.6. The molecule has 11 rings (SSSR count). The van der Waals surface area contributed by atoms with Crippen LogP contribution in [0.4, 0.5) is 17.1 Å². The Morgan fingerprint density at radius 2 is 0.778 bits per heavy atom. The van der Waals surface area contributed by atoms with Gasteiger partial charge in [0.25, 0.3) is 0 Å². The molecule has 54 heavy (non-hydrogen) atoms. The molecule has 0 radical (unpaired) electrons. The Morgan fingerprint density at radius 1 is 0.333 bits per heavy atom. The van der Waals surface area contributed by atoms with E-state index in [1.54, 1.807) is 0 Å². The summed E-state index contributed by atoms with van der Waals surface area (Å²) in [6, 6.07) is 78.2. The van der Waals surface area contributed by atoms with Gasteiger partial charge < -0.3 is 4.90 Å². The molecule has 0 heterocycles. The van der Waals surface area contributed by atoms with E-state index >= 15 is 0 Å². The summed E-state index contributed by atoms with van der Waals surface area (Å²) in [6.45, 7) is 0. The number of rotatable bonds is 6. The van der Waals surface area contributed by atoms with Crippen molar-refractivity contribution in [2.24, 2.45) is 0 Å². The number of hydrogen-bond acceptors (Lipinski definition) is 1. The third-order valence-corrected chi connectivity index (χ3v) is 11.7. The van der Waals surface area contributed by atoms with Gasteiger partial charge in [-0.15, -0.1) is 0 Å². The molecule has 9 aromatic rings. The van der Waals surface area contributed by atoms with Crippen molar-refractivity contribution in [2.75, 3.05) is 4.90 Å². The van der Waals surface area contributed by atoms with Gasteiger partial charge >= 0.3 is 0 Å². The maximum Gasteiger partial charge on any atom is 0.0725 e. The first-order chi connectivity index (χ1) is 26.8. The molecule has 0 amide bonds. The first kappa shape index (κ1) is 30.6.